The molecule has 3 heterocycles. The van der Waals surface area contributed by atoms with Crippen LogP contribution in [0.5, 0.6) is 0 Å². The van der Waals surface area contributed by atoms with E-state index < -0.39 is 0 Å². The van der Waals surface area contributed by atoms with Crippen LogP contribution in [0.2, 0.25) is 0 Å². The monoisotopic (exact) mass is 525 g/mol. The number of benzene rings is 2. The summed E-state index contributed by atoms with van der Waals surface area (Å²) < 4.78 is 0. The van der Waals surface area contributed by atoms with Crippen LogP contribution in [-0.4, -0.2) is 18.1 Å². The van der Waals surface area contributed by atoms with Gasteiger partial charge in [0.1, 0.15) is 5.00 Å². The van der Waals surface area contributed by atoms with Gasteiger partial charge in [-0.3, -0.25) is 0 Å². The standard InChI is InChI=1S/C26H23N9S2/c1-17-15-20(30-33-24-10-11-25(37-24)35-12-4-5-13-35)7-8-21(17)31-29-19-6-9-22(18(2)14-19)32-34-26-28-23(27-3)16-36-26/h6-11,14-16H,4-5,12-13H2,1-2H3. The summed E-state index contributed by atoms with van der Waals surface area (Å²) in [6, 6.07) is 15.5. The van der Waals surface area contributed by atoms with Crippen LogP contribution in [0.1, 0.15) is 24.0 Å². The van der Waals surface area contributed by atoms with E-state index in [1.807, 2.05) is 56.3 Å². The summed E-state index contributed by atoms with van der Waals surface area (Å²) in [5, 5.41) is 30.3. The topological polar surface area (TPSA) is 94.6 Å². The Kier molecular flexibility index (Phi) is 7.49. The van der Waals surface area contributed by atoms with Gasteiger partial charge < -0.3 is 9.74 Å². The molecule has 0 saturated carbocycles. The van der Waals surface area contributed by atoms with Gasteiger partial charge in [-0.1, -0.05) is 39.3 Å². The van der Waals surface area contributed by atoms with E-state index in [9.17, 15) is 0 Å². The molecule has 1 saturated heterocycles. The molecule has 1 aliphatic rings. The fourth-order valence-electron chi connectivity index (χ4n) is 3.78. The fourth-order valence-corrected chi connectivity index (χ4v) is 5.21. The van der Waals surface area contributed by atoms with Gasteiger partial charge in [-0.15, -0.1) is 15.3 Å². The lowest BCUT2D eigenvalue weighted by Crippen LogP contribution is -2.15. The molecule has 0 radical (unpaired) electrons. The minimum Gasteiger partial charge on any atom is -0.363 e. The Morgan fingerprint density at radius 1 is 0.811 bits per heavy atom. The Labute approximate surface area is 222 Å². The second-order valence-corrected chi connectivity index (χ2v) is 10.3. The molecule has 4 aromatic rings. The maximum Gasteiger partial charge on any atom is 0.321 e. The molecule has 0 aliphatic carbocycles. The van der Waals surface area contributed by atoms with E-state index in [-0.39, 0.29) is 0 Å². The fraction of sp³-hybridized carbons (Fsp3) is 0.231. The van der Waals surface area contributed by atoms with Gasteiger partial charge in [-0.2, -0.15) is 10.2 Å². The van der Waals surface area contributed by atoms with Crippen molar-refractivity contribution in [1.82, 2.24) is 4.98 Å². The summed E-state index contributed by atoms with van der Waals surface area (Å²) in [6.07, 6.45) is 2.52. The predicted octanol–water partition coefficient (Wildman–Crippen LogP) is 10.2. The normalized spacial score (nSPS) is 13.9. The van der Waals surface area contributed by atoms with Crippen molar-refractivity contribution < 1.29 is 0 Å². The van der Waals surface area contributed by atoms with Gasteiger partial charge in [0.2, 0.25) is 0 Å². The first-order valence-corrected chi connectivity index (χ1v) is 13.4. The quantitative estimate of drug-likeness (QED) is 0.177. The first-order valence-electron chi connectivity index (χ1n) is 11.7. The highest BCUT2D eigenvalue weighted by atomic mass is 32.1. The molecule has 0 amide bonds. The Hall–Kier alpha value is -4.14. The first-order chi connectivity index (χ1) is 18.1. The molecule has 2 aromatic heterocycles. The largest absolute Gasteiger partial charge is 0.363 e. The van der Waals surface area contributed by atoms with Crippen LogP contribution in [0.15, 0.2) is 84.6 Å². The van der Waals surface area contributed by atoms with Crippen LogP contribution in [0, 0.1) is 20.4 Å². The Morgan fingerprint density at radius 3 is 2.08 bits per heavy atom. The van der Waals surface area contributed by atoms with Gasteiger partial charge in [0.05, 0.1) is 27.8 Å². The summed E-state index contributed by atoms with van der Waals surface area (Å²) in [6.45, 7) is 13.2. The Morgan fingerprint density at radius 2 is 1.46 bits per heavy atom. The maximum atomic E-state index is 6.98. The molecule has 5 rings (SSSR count). The summed E-state index contributed by atoms with van der Waals surface area (Å²) in [5.41, 5.74) is 4.86. The average Bonchev–Trinajstić information content (AvgIpc) is 3.68. The van der Waals surface area contributed by atoms with E-state index in [1.165, 1.54) is 29.2 Å². The van der Waals surface area contributed by atoms with Gasteiger partial charge in [-0.25, -0.2) is 0 Å². The lowest BCUT2D eigenvalue weighted by molar-refractivity contribution is 0.949. The molecule has 37 heavy (non-hydrogen) atoms. The van der Waals surface area contributed by atoms with Crippen molar-refractivity contribution >= 4 is 66.4 Å². The highest BCUT2D eigenvalue weighted by Crippen LogP contribution is 2.35. The van der Waals surface area contributed by atoms with E-state index in [1.54, 1.807) is 16.7 Å². The summed E-state index contributed by atoms with van der Waals surface area (Å²) in [7, 11) is 0. The van der Waals surface area contributed by atoms with E-state index in [0.29, 0.717) is 16.6 Å². The molecule has 184 valence electrons. The molecule has 1 fully saturated rings. The summed E-state index contributed by atoms with van der Waals surface area (Å²) in [4.78, 5) is 9.75. The van der Waals surface area contributed by atoms with E-state index in [4.69, 9.17) is 6.57 Å². The zero-order valence-corrected chi connectivity index (χ0v) is 22.0. The molecule has 0 spiro atoms. The maximum absolute atomic E-state index is 6.98. The van der Waals surface area contributed by atoms with Gasteiger partial charge in [0.15, 0.2) is 0 Å². The third kappa shape index (κ3) is 6.17. The minimum absolute atomic E-state index is 0.326. The van der Waals surface area contributed by atoms with Crippen molar-refractivity contribution in [2.24, 2.45) is 30.7 Å². The van der Waals surface area contributed by atoms with Crippen molar-refractivity contribution in [2.75, 3.05) is 18.0 Å². The highest BCUT2D eigenvalue weighted by Gasteiger charge is 2.14. The van der Waals surface area contributed by atoms with Gasteiger partial charge >= 0.3 is 5.13 Å². The number of thiophene rings is 1. The van der Waals surface area contributed by atoms with Crippen LogP contribution in [-0.2, 0) is 0 Å². The zero-order valence-electron chi connectivity index (χ0n) is 20.4. The molecule has 11 heteroatoms. The van der Waals surface area contributed by atoms with Crippen molar-refractivity contribution in [3.63, 3.8) is 0 Å². The molecule has 9 nitrogen and oxygen atoms in total. The molecular weight excluding hydrogens is 502 g/mol. The van der Waals surface area contributed by atoms with Crippen molar-refractivity contribution in [2.45, 2.75) is 26.7 Å². The predicted molar refractivity (Wildman–Crippen MR) is 149 cm³/mol. The van der Waals surface area contributed by atoms with E-state index in [2.05, 4.69) is 51.5 Å². The number of anilines is 1. The van der Waals surface area contributed by atoms with Crippen LogP contribution in [0.25, 0.3) is 4.85 Å². The van der Waals surface area contributed by atoms with Gasteiger partial charge in [-0.05, 0) is 86.3 Å². The first kappa shape index (κ1) is 24.5. The molecule has 0 bridgehead atoms. The smallest absolute Gasteiger partial charge is 0.321 e. The number of nitrogens with zero attached hydrogens (tertiary/aromatic N) is 9. The number of thiazole rings is 1. The third-order valence-electron chi connectivity index (χ3n) is 5.73. The summed E-state index contributed by atoms with van der Waals surface area (Å²) in [5.74, 6) is 0.326. The third-order valence-corrected chi connectivity index (χ3v) is 7.47. The van der Waals surface area contributed by atoms with Crippen LogP contribution >= 0.6 is 22.7 Å². The number of hydrogen-bond donors (Lipinski definition) is 0. The molecule has 0 N–H and O–H groups in total. The van der Waals surface area contributed by atoms with Crippen molar-refractivity contribution in [3.8, 4) is 0 Å². The van der Waals surface area contributed by atoms with Crippen LogP contribution in [0.4, 0.5) is 43.7 Å². The minimum atomic E-state index is 0.326. The van der Waals surface area contributed by atoms with Crippen LogP contribution in [0.3, 0.4) is 0 Å². The van der Waals surface area contributed by atoms with Gasteiger partial charge in [0.25, 0.3) is 5.82 Å². The highest BCUT2D eigenvalue weighted by molar-refractivity contribution is 7.19. The number of aryl methyl sites for hydroxylation is 2. The van der Waals surface area contributed by atoms with Crippen molar-refractivity contribution in [1.29, 1.82) is 0 Å². The number of azo groups is 3. The molecular formula is C26H23N9S2. The number of aromatic nitrogens is 1. The van der Waals surface area contributed by atoms with E-state index in [0.717, 1.165) is 46.3 Å². The SMILES string of the molecule is [C-]#[N+]c1csc(N=Nc2ccc(N=Nc3ccc(N=Nc4ccc(N5CCCC5)s4)cc3C)cc2C)n1. The number of rotatable bonds is 7. The molecule has 0 unspecified atom stereocenters. The van der Waals surface area contributed by atoms with Crippen molar-refractivity contribution in [3.05, 3.63) is 76.5 Å². The average molecular weight is 526 g/mol. The second-order valence-electron chi connectivity index (χ2n) is 8.45. The zero-order chi connectivity index (χ0) is 25.6. The van der Waals surface area contributed by atoms with E-state index >= 15 is 0 Å². The second kappa shape index (κ2) is 11.3. The molecule has 0 atom stereocenters. The lowest BCUT2D eigenvalue weighted by Gasteiger charge is -2.13. The molecule has 2 aromatic carbocycles. The summed E-state index contributed by atoms with van der Waals surface area (Å²) >= 11 is 2.96. The Balaban J connectivity index is 1.23. The van der Waals surface area contributed by atoms with Gasteiger partial charge in [0, 0.05) is 18.5 Å². The molecule has 1 aliphatic heterocycles. The lowest BCUT2D eigenvalue weighted by atomic mass is 10.2. The number of hydrogen-bond acceptors (Lipinski definition) is 10. The Bertz CT molecular complexity index is 1540. The van der Waals surface area contributed by atoms with Crippen LogP contribution < -0.4 is 4.90 Å².